The Kier molecular flexibility index (Phi) is 2.14. The standard InChI is InChI=1S/C9H6BrN3O/c1-14-9-3-2-8-7(10)4-6(5-11)13(8)12-9/h2-4H,1H3. The monoisotopic (exact) mass is 251 g/mol. The van der Waals surface area contributed by atoms with Crippen LogP contribution in [0.1, 0.15) is 5.69 Å². The predicted octanol–water partition coefficient (Wildman–Crippen LogP) is 1.98. The molecule has 2 aromatic heterocycles. The van der Waals surface area contributed by atoms with E-state index in [1.54, 1.807) is 23.8 Å². The van der Waals surface area contributed by atoms with E-state index in [9.17, 15) is 0 Å². The second-order valence-electron chi connectivity index (χ2n) is 2.66. The summed E-state index contributed by atoms with van der Waals surface area (Å²) in [4.78, 5) is 0. The van der Waals surface area contributed by atoms with Crippen molar-refractivity contribution < 1.29 is 4.74 Å². The molecule has 2 aromatic rings. The van der Waals surface area contributed by atoms with Crippen LogP contribution >= 0.6 is 15.9 Å². The molecular weight excluding hydrogens is 246 g/mol. The Balaban J connectivity index is 2.79. The van der Waals surface area contributed by atoms with Crippen molar-refractivity contribution in [2.24, 2.45) is 0 Å². The van der Waals surface area contributed by atoms with Crippen molar-refractivity contribution in [3.05, 3.63) is 28.4 Å². The maximum absolute atomic E-state index is 8.84. The van der Waals surface area contributed by atoms with E-state index in [1.807, 2.05) is 6.07 Å². The summed E-state index contributed by atoms with van der Waals surface area (Å²) in [5.41, 5.74) is 1.33. The van der Waals surface area contributed by atoms with Crippen LogP contribution in [-0.2, 0) is 0 Å². The van der Waals surface area contributed by atoms with E-state index in [0.717, 1.165) is 9.99 Å². The van der Waals surface area contributed by atoms with Crippen LogP contribution in [0.2, 0.25) is 0 Å². The highest BCUT2D eigenvalue weighted by molar-refractivity contribution is 9.10. The molecule has 0 aliphatic heterocycles. The lowest BCUT2D eigenvalue weighted by Crippen LogP contribution is -1.96. The maximum Gasteiger partial charge on any atom is 0.231 e. The Morgan fingerprint density at radius 2 is 2.36 bits per heavy atom. The Morgan fingerprint density at radius 3 is 3.00 bits per heavy atom. The van der Waals surface area contributed by atoms with E-state index in [2.05, 4.69) is 27.1 Å². The number of hydrogen-bond donors (Lipinski definition) is 0. The summed E-state index contributed by atoms with van der Waals surface area (Å²) in [6, 6.07) is 7.38. The largest absolute Gasteiger partial charge is 0.480 e. The van der Waals surface area contributed by atoms with Gasteiger partial charge in [0.1, 0.15) is 11.8 Å². The van der Waals surface area contributed by atoms with Gasteiger partial charge in [-0.15, -0.1) is 5.10 Å². The molecule has 0 bridgehead atoms. The van der Waals surface area contributed by atoms with E-state index in [4.69, 9.17) is 10.00 Å². The third-order valence-electron chi connectivity index (χ3n) is 1.87. The topological polar surface area (TPSA) is 50.3 Å². The van der Waals surface area contributed by atoms with E-state index < -0.39 is 0 Å². The molecule has 5 heteroatoms. The number of halogens is 1. The average Bonchev–Trinajstić information content (AvgIpc) is 2.55. The van der Waals surface area contributed by atoms with E-state index in [1.165, 1.54) is 0 Å². The maximum atomic E-state index is 8.84. The number of fused-ring (bicyclic) bond motifs is 1. The van der Waals surface area contributed by atoms with Gasteiger partial charge in [-0.2, -0.15) is 5.26 Å². The molecule has 0 radical (unpaired) electrons. The van der Waals surface area contributed by atoms with Crippen LogP contribution in [0.25, 0.3) is 5.52 Å². The van der Waals surface area contributed by atoms with Gasteiger partial charge in [-0.05, 0) is 28.1 Å². The minimum absolute atomic E-state index is 0.478. The highest BCUT2D eigenvalue weighted by Crippen LogP contribution is 2.22. The number of hydrogen-bond acceptors (Lipinski definition) is 3. The van der Waals surface area contributed by atoms with E-state index in [0.29, 0.717) is 11.6 Å². The first-order chi connectivity index (χ1) is 6.76. The second-order valence-corrected chi connectivity index (χ2v) is 3.52. The predicted molar refractivity (Wildman–Crippen MR) is 54.2 cm³/mol. The number of nitrogens with zero attached hydrogens (tertiary/aromatic N) is 3. The van der Waals surface area contributed by atoms with Gasteiger partial charge < -0.3 is 4.74 Å². The van der Waals surface area contributed by atoms with E-state index in [-0.39, 0.29) is 0 Å². The van der Waals surface area contributed by atoms with Gasteiger partial charge >= 0.3 is 0 Å². The second kappa shape index (κ2) is 3.31. The number of nitriles is 1. The van der Waals surface area contributed by atoms with Crippen molar-refractivity contribution in [1.29, 1.82) is 5.26 Å². The molecule has 0 amide bonds. The summed E-state index contributed by atoms with van der Waals surface area (Å²) in [6.07, 6.45) is 0. The fraction of sp³-hybridized carbons (Fsp3) is 0.111. The highest BCUT2D eigenvalue weighted by atomic mass is 79.9. The van der Waals surface area contributed by atoms with Crippen LogP contribution in [0.4, 0.5) is 0 Å². The molecular formula is C9H6BrN3O. The summed E-state index contributed by atoms with van der Waals surface area (Å²) in [5.74, 6) is 0.483. The molecule has 0 N–H and O–H groups in total. The van der Waals surface area contributed by atoms with Gasteiger partial charge in [-0.3, -0.25) is 0 Å². The third kappa shape index (κ3) is 1.24. The Bertz CT molecular complexity index is 527. The van der Waals surface area contributed by atoms with Gasteiger partial charge in [0, 0.05) is 10.5 Å². The van der Waals surface area contributed by atoms with Crippen molar-refractivity contribution >= 4 is 21.4 Å². The first-order valence-corrected chi connectivity index (χ1v) is 4.68. The van der Waals surface area contributed by atoms with Crippen molar-refractivity contribution in [3.8, 4) is 11.9 Å². The third-order valence-corrected chi connectivity index (χ3v) is 2.51. The quantitative estimate of drug-likeness (QED) is 0.779. The summed E-state index contributed by atoms with van der Waals surface area (Å²) in [5, 5.41) is 13.0. The fourth-order valence-electron chi connectivity index (χ4n) is 1.21. The molecule has 2 heterocycles. The molecule has 14 heavy (non-hydrogen) atoms. The molecule has 0 unspecified atom stereocenters. The van der Waals surface area contributed by atoms with Gasteiger partial charge in [0.25, 0.3) is 0 Å². The Morgan fingerprint density at radius 1 is 1.57 bits per heavy atom. The number of rotatable bonds is 1. The van der Waals surface area contributed by atoms with Gasteiger partial charge in [0.15, 0.2) is 0 Å². The Labute approximate surface area is 88.8 Å². The molecule has 0 atom stereocenters. The average molecular weight is 252 g/mol. The SMILES string of the molecule is COc1ccc2c(Br)cc(C#N)n2n1. The first-order valence-electron chi connectivity index (χ1n) is 3.88. The molecule has 0 fully saturated rings. The van der Waals surface area contributed by atoms with Crippen molar-refractivity contribution in [3.63, 3.8) is 0 Å². The molecule has 0 saturated heterocycles. The van der Waals surface area contributed by atoms with Crippen LogP contribution in [-0.4, -0.2) is 16.7 Å². The van der Waals surface area contributed by atoms with Crippen molar-refractivity contribution in [2.45, 2.75) is 0 Å². The molecule has 0 aromatic carbocycles. The van der Waals surface area contributed by atoms with Crippen LogP contribution in [0.5, 0.6) is 5.88 Å². The summed E-state index contributed by atoms with van der Waals surface area (Å²) in [6.45, 7) is 0. The van der Waals surface area contributed by atoms with Gasteiger partial charge in [0.2, 0.25) is 5.88 Å². The Hall–Kier alpha value is -1.54. The summed E-state index contributed by atoms with van der Waals surface area (Å²) in [7, 11) is 1.54. The van der Waals surface area contributed by atoms with Crippen molar-refractivity contribution in [1.82, 2.24) is 9.61 Å². The molecule has 70 valence electrons. The zero-order valence-corrected chi connectivity index (χ0v) is 8.95. The lowest BCUT2D eigenvalue weighted by atomic mass is 10.4. The van der Waals surface area contributed by atoms with Gasteiger partial charge in [0.05, 0.1) is 12.6 Å². The highest BCUT2D eigenvalue weighted by Gasteiger charge is 2.08. The summed E-state index contributed by atoms with van der Waals surface area (Å²) < 4.78 is 7.37. The van der Waals surface area contributed by atoms with Crippen LogP contribution in [0.3, 0.4) is 0 Å². The van der Waals surface area contributed by atoms with Crippen LogP contribution < -0.4 is 4.74 Å². The fourth-order valence-corrected chi connectivity index (χ4v) is 1.73. The molecule has 0 spiro atoms. The first kappa shape index (κ1) is 9.03. The van der Waals surface area contributed by atoms with Crippen LogP contribution in [0.15, 0.2) is 22.7 Å². The number of methoxy groups -OCH3 is 1. The normalized spacial score (nSPS) is 10.1. The van der Waals surface area contributed by atoms with Gasteiger partial charge in [-0.25, -0.2) is 4.52 Å². The molecule has 2 rings (SSSR count). The zero-order chi connectivity index (χ0) is 10.1. The zero-order valence-electron chi connectivity index (χ0n) is 7.36. The molecule has 0 aliphatic carbocycles. The number of ether oxygens (including phenoxy) is 1. The van der Waals surface area contributed by atoms with E-state index >= 15 is 0 Å². The smallest absolute Gasteiger partial charge is 0.231 e. The minimum atomic E-state index is 0.478. The molecule has 4 nitrogen and oxygen atoms in total. The molecule has 0 saturated carbocycles. The summed E-state index contributed by atoms with van der Waals surface area (Å²) >= 11 is 3.35. The lowest BCUT2D eigenvalue weighted by Gasteiger charge is -1.99. The van der Waals surface area contributed by atoms with Crippen LogP contribution in [0, 0.1) is 11.3 Å². The minimum Gasteiger partial charge on any atom is -0.480 e. The lowest BCUT2D eigenvalue weighted by molar-refractivity contribution is 0.390. The van der Waals surface area contributed by atoms with Gasteiger partial charge in [-0.1, -0.05) is 0 Å². The number of aromatic nitrogens is 2. The molecule has 0 aliphatic rings. The van der Waals surface area contributed by atoms with Crippen molar-refractivity contribution in [2.75, 3.05) is 7.11 Å².